The lowest BCUT2D eigenvalue weighted by atomic mass is 10.2. The highest BCUT2D eigenvalue weighted by Crippen LogP contribution is 2.15. The first-order chi connectivity index (χ1) is 7.10. The van der Waals surface area contributed by atoms with Crippen molar-refractivity contribution in [3.63, 3.8) is 0 Å². The van der Waals surface area contributed by atoms with E-state index >= 15 is 0 Å². The second-order valence-electron chi connectivity index (χ2n) is 3.00. The average molecular weight is 215 g/mol. The maximum absolute atomic E-state index is 11.2. The fraction of sp³-hybridized carbons (Fsp3) is 0.625. The first-order valence-corrected chi connectivity index (χ1v) is 4.49. The van der Waals surface area contributed by atoms with Crippen LogP contribution in [0.3, 0.4) is 0 Å². The maximum Gasteiger partial charge on any atom is 0.343 e. The number of carbonyl (C=O) groups is 1. The molecule has 0 unspecified atom stereocenters. The van der Waals surface area contributed by atoms with E-state index in [4.69, 9.17) is 9.84 Å². The van der Waals surface area contributed by atoms with Crippen LogP contribution >= 0.6 is 0 Å². The SMILES string of the molecule is CC[C@@H](OC)c1n[nH]c(=O)n1CC(=O)O. The summed E-state index contributed by atoms with van der Waals surface area (Å²) < 4.78 is 6.14. The number of carboxylic acid groups (broad SMARTS) is 1. The summed E-state index contributed by atoms with van der Waals surface area (Å²) in [5.74, 6) is -0.780. The Balaban J connectivity index is 3.07. The Kier molecular flexibility index (Phi) is 3.62. The van der Waals surface area contributed by atoms with Crippen LogP contribution in [-0.2, 0) is 16.1 Å². The molecular formula is C8H13N3O4. The molecule has 7 heteroatoms. The van der Waals surface area contributed by atoms with Crippen molar-refractivity contribution in [2.24, 2.45) is 0 Å². The van der Waals surface area contributed by atoms with Crippen LogP contribution in [0.1, 0.15) is 25.3 Å². The molecule has 0 spiro atoms. The number of H-pyrrole nitrogens is 1. The minimum Gasteiger partial charge on any atom is -0.480 e. The molecule has 15 heavy (non-hydrogen) atoms. The van der Waals surface area contributed by atoms with Crippen molar-refractivity contribution < 1.29 is 14.6 Å². The van der Waals surface area contributed by atoms with E-state index in [1.54, 1.807) is 0 Å². The number of hydrogen-bond acceptors (Lipinski definition) is 4. The van der Waals surface area contributed by atoms with Gasteiger partial charge in [-0.3, -0.25) is 9.36 Å². The molecule has 0 saturated carbocycles. The Morgan fingerprint density at radius 1 is 1.73 bits per heavy atom. The van der Waals surface area contributed by atoms with Gasteiger partial charge in [-0.15, -0.1) is 0 Å². The Morgan fingerprint density at radius 3 is 2.87 bits per heavy atom. The third-order valence-electron chi connectivity index (χ3n) is 2.02. The highest BCUT2D eigenvalue weighted by atomic mass is 16.5. The van der Waals surface area contributed by atoms with Crippen molar-refractivity contribution in [1.82, 2.24) is 14.8 Å². The van der Waals surface area contributed by atoms with Crippen molar-refractivity contribution in [2.45, 2.75) is 26.0 Å². The van der Waals surface area contributed by atoms with Crippen LogP contribution in [0.15, 0.2) is 4.79 Å². The second kappa shape index (κ2) is 4.74. The number of nitrogens with one attached hydrogen (secondary N) is 1. The molecule has 1 aromatic rings. The van der Waals surface area contributed by atoms with E-state index < -0.39 is 18.2 Å². The van der Waals surface area contributed by atoms with Crippen LogP contribution in [-0.4, -0.2) is 33.0 Å². The molecule has 1 heterocycles. The zero-order valence-corrected chi connectivity index (χ0v) is 8.56. The lowest BCUT2D eigenvalue weighted by Crippen LogP contribution is -2.24. The van der Waals surface area contributed by atoms with Gasteiger partial charge in [0.25, 0.3) is 0 Å². The zero-order chi connectivity index (χ0) is 11.4. The predicted molar refractivity (Wildman–Crippen MR) is 50.5 cm³/mol. The van der Waals surface area contributed by atoms with Crippen molar-refractivity contribution >= 4 is 5.97 Å². The maximum atomic E-state index is 11.2. The minimum atomic E-state index is -1.09. The lowest BCUT2D eigenvalue weighted by Gasteiger charge is -2.11. The number of aromatic nitrogens is 3. The van der Waals surface area contributed by atoms with E-state index in [-0.39, 0.29) is 6.10 Å². The monoisotopic (exact) mass is 215 g/mol. The molecule has 0 aliphatic heterocycles. The molecule has 0 bridgehead atoms. The van der Waals surface area contributed by atoms with Crippen LogP contribution in [0, 0.1) is 0 Å². The normalized spacial score (nSPS) is 12.7. The second-order valence-corrected chi connectivity index (χ2v) is 3.00. The van der Waals surface area contributed by atoms with Gasteiger partial charge in [0.1, 0.15) is 12.6 Å². The van der Waals surface area contributed by atoms with Crippen molar-refractivity contribution in [3.8, 4) is 0 Å². The average Bonchev–Trinajstić information content (AvgIpc) is 2.51. The molecule has 1 atom stereocenters. The molecule has 1 aromatic heterocycles. The number of aromatic amines is 1. The summed E-state index contributed by atoms with van der Waals surface area (Å²) in [7, 11) is 1.48. The summed E-state index contributed by atoms with van der Waals surface area (Å²) in [4.78, 5) is 21.8. The molecule has 0 aliphatic carbocycles. The topological polar surface area (TPSA) is 97.2 Å². The number of carboxylic acids is 1. The number of ether oxygens (including phenoxy) is 1. The van der Waals surface area contributed by atoms with E-state index in [9.17, 15) is 9.59 Å². The van der Waals surface area contributed by atoms with Gasteiger partial charge in [-0.25, -0.2) is 9.89 Å². The number of hydrogen-bond donors (Lipinski definition) is 2. The summed E-state index contributed by atoms with van der Waals surface area (Å²) in [5, 5.41) is 14.6. The largest absolute Gasteiger partial charge is 0.480 e. The van der Waals surface area contributed by atoms with Crippen LogP contribution < -0.4 is 5.69 Å². The Hall–Kier alpha value is -1.63. The van der Waals surface area contributed by atoms with Crippen LogP contribution in [0.5, 0.6) is 0 Å². The van der Waals surface area contributed by atoms with Gasteiger partial charge in [0.2, 0.25) is 0 Å². The molecule has 0 aliphatic rings. The number of methoxy groups -OCH3 is 1. The smallest absolute Gasteiger partial charge is 0.343 e. The van der Waals surface area contributed by atoms with Crippen LogP contribution in [0.25, 0.3) is 0 Å². The van der Waals surface area contributed by atoms with Gasteiger partial charge in [-0.1, -0.05) is 6.92 Å². The summed E-state index contributed by atoms with van der Waals surface area (Å²) >= 11 is 0. The van der Waals surface area contributed by atoms with E-state index in [1.165, 1.54) is 7.11 Å². The van der Waals surface area contributed by atoms with Gasteiger partial charge >= 0.3 is 11.7 Å². The highest BCUT2D eigenvalue weighted by Gasteiger charge is 2.18. The number of rotatable bonds is 5. The van der Waals surface area contributed by atoms with Crippen LogP contribution in [0.2, 0.25) is 0 Å². The third kappa shape index (κ3) is 2.44. The summed E-state index contributed by atoms with van der Waals surface area (Å²) in [5.41, 5.74) is -0.539. The van der Waals surface area contributed by atoms with E-state index in [2.05, 4.69) is 10.2 Å². The fourth-order valence-corrected chi connectivity index (χ4v) is 1.32. The predicted octanol–water partition coefficient (Wildman–Crippen LogP) is -0.246. The molecular weight excluding hydrogens is 202 g/mol. The summed E-state index contributed by atoms with van der Waals surface area (Å²) in [6, 6.07) is 0. The minimum absolute atomic E-state index is 0.312. The Labute approximate surface area is 85.7 Å². The molecule has 0 radical (unpaired) electrons. The highest BCUT2D eigenvalue weighted by molar-refractivity contribution is 5.66. The molecule has 0 amide bonds. The van der Waals surface area contributed by atoms with Gasteiger partial charge in [0, 0.05) is 7.11 Å². The quantitative estimate of drug-likeness (QED) is 0.706. The zero-order valence-electron chi connectivity index (χ0n) is 8.56. The van der Waals surface area contributed by atoms with Gasteiger partial charge in [0.15, 0.2) is 5.82 Å². The van der Waals surface area contributed by atoms with Gasteiger partial charge in [-0.2, -0.15) is 5.10 Å². The molecule has 1 rings (SSSR count). The summed E-state index contributed by atoms with van der Waals surface area (Å²) in [6.45, 7) is 1.45. The Bertz CT molecular complexity index is 391. The van der Waals surface area contributed by atoms with Gasteiger partial charge in [-0.05, 0) is 6.42 Å². The molecule has 84 valence electrons. The Morgan fingerprint density at radius 2 is 2.40 bits per heavy atom. The molecule has 7 nitrogen and oxygen atoms in total. The van der Waals surface area contributed by atoms with Crippen molar-refractivity contribution in [2.75, 3.05) is 7.11 Å². The standard InChI is InChI=1S/C8H13N3O4/c1-3-5(15-2)7-9-10-8(14)11(7)4-6(12)13/h5H,3-4H2,1-2H3,(H,10,14)(H,12,13)/t5-/m1/s1. The van der Waals surface area contributed by atoms with Gasteiger partial charge < -0.3 is 9.84 Å². The summed E-state index contributed by atoms with van der Waals surface area (Å²) in [6.07, 6.45) is 0.240. The van der Waals surface area contributed by atoms with Crippen molar-refractivity contribution in [1.29, 1.82) is 0 Å². The lowest BCUT2D eigenvalue weighted by molar-refractivity contribution is -0.137. The first kappa shape index (κ1) is 11.4. The first-order valence-electron chi connectivity index (χ1n) is 4.49. The van der Waals surface area contributed by atoms with E-state index in [0.717, 1.165) is 4.57 Å². The van der Waals surface area contributed by atoms with Crippen molar-refractivity contribution in [3.05, 3.63) is 16.3 Å². The molecule has 0 saturated heterocycles. The van der Waals surface area contributed by atoms with Crippen LogP contribution in [0.4, 0.5) is 0 Å². The third-order valence-corrected chi connectivity index (χ3v) is 2.02. The van der Waals surface area contributed by atoms with E-state index in [1.807, 2.05) is 6.92 Å². The van der Waals surface area contributed by atoms with Gasteiger partial charge in [0.05, 0.1) is 0 Å². The number of aliphatic carboxylic acids is 1. The number of nitrogens with zero attached hydrogens (tertiary/aromatic N) is 2. The molecule has 0 aromatic carbocycles. The molecule has 0 fully saturated rings. The van der Waals surface area contributed by atoms with E-state index in [0.29, 0.717) is 12.2 Å². The fourth-order valence-electron chi connectivity index (χ4n) is 1.32. The molecule has 2 N–H and O–H groups in total.